The van der Waals surface area contributed by atoms with Gasteiger partial charge in [-0.15, -0.1) is 24.8 Å². The van der Waals surface area contributed by atoms with Crippen LogP contribution < -0.4 is 16.0 Å². The molecule has 2 aromatic rings. The van der Waals surface area contributed by atoms with E-state index in [1.165, 1.54) is 0 Å². The number of anilines is 1. The third-order valence-corrected chi connectivity index (χ3v) is 4.65. The highest BCUT2D eigenvalue weighted by molar-refractivity contribution is 5.87. The fraction of sp³-hybridized carbons (Fsp3) is 0.368. The Hall–Kier alpha value is -1.82. The van der Waals surface area contributed by atoms with E-state index in [2.05, 4.69) is 15.2 Å². The van der Waals surface area contributed by atoms with Crippen molar-refractivity contribution in [3.63, 3.8) is 0 Å². The lowest BCUT2D eigenvalue weighted by Crippen LogP contribution is -2.54. The summed E-state index contributed by atoms with van der Waals surface area (Å²) in [6.45, 7) is 3.53. The molecular formula is C19H26Cl2N4O. The second-order valence-electron chi connectivity index (χ2n) is 6.49. The van der Waals surface area contributed by atoms with Gasteiger partial charge in [-0.2, -0.15) is 0 Å². The molecule has 1 aromatic carbocycles. The molecule has 26 heavy (non-hydrogen) atoms. The van der Waals surface area contributed by atoms with E-state index in [0.29, 0.717) is 0 Å². The highest BCUT2D eigenvalue weighted by atomic mass is 35.5. The molecule has 0 radical (unpaired) electrons. The van der Waals surface area contributed by atoms with Crippen LogP contribution in [0.4, 0.5) is 5.82 Å². The van der Waals surface area contributed by atoms with Gasteiger partial charge in [0.15, 0.2) is 0 Å². The third kappa shape index (κ3) is 5.10. The van der Waals surface area contributed by atoms with E-state index in [1.54, 1.807) is 6.92 Å². The van der Waals surface area contributed by atoms with E-state index < -0.39 is 5.54 Å². The number of nitrogens with zero attached hydrogens (tertiary/aromatic N) is 2. The zero-order valence-corrected chi connectivity index (χ0v) is 16.4. The number of hydrogen-bond donors (Lipinski definition) is 2. The Balaban J connectivity index is 0.00000169. The first-order chi connectivity index (χ1) is 11.6. The van der Waals surface area contributed by atoms with Crippen molar-refractivity contribution in [3.05, 3.63) is 60.3 Å². The average molecular weight is 397 g/mol. The van der Waals surface area contributed by atoms with Gasteiger partial charge in [0.05, 0.1) is 0 Å². The molecule has 1 aromatic heterocycles. The molecule has 0 aliphatic carbocycles. The molecular weight excluding hydrogens is 371 g/mol. The zero-order valence-electron chi connectivity index (χ0n) is 14.8. The lowest BCUT2D eigenvalue weighted by Gasteiger charge is -2.35. The number of piperidine rings is 1. The van der Waals surface area contributed by atoms with Crippen LogP contribution in [-0.4, -0.2) is 30.0 Å². The van der Waals surface area contributed by atoms with E-state index in [0.717, 1.165) is 37.3 Å². The number of carbonyl (C=O) groups excluding carboxylic acids is 1. The fourth-order valence-electron chi connectivity index (χ4n) is 3.04. The number of amides is 1. The number of carbonyl (C=O) groups is 1. The van der Waals surface area contributed by atoms with Crippen molar-refractivity contribution in [1.82, 2.24) is 10.3 Å². The molecule has 3 rings (SSSR count). The molecule has 7 heteroatoms. The van der Waals surface area contributed by atoms with Crippen LogP contribution in [0.2, 0.25) is 0 Å². The highest BCUT2D eigenvalue weighted by Gasteiger charge is 2.32. The van der Waals surface area contributed by atoms with Crippen molar-refractivity contribution >= 4 is 36.5 Å². The minimum atomic E-state index is -1.01. The van der Waals surface area contributed by atoms with Gasteiger partial charge in [0.25, 0.3) is 0 Å². The number of pyridine rings is 1. The summed E-state index contributed by atoms with van der Waals surface area (Å²) in [6, 6.07) is 15.6. The van der Waals surface area contributed by atoms with Crippen molar-refractivity contribution < 1.29 is 4.79 Å². The first kappa shape index (κ1) is 22.2. The van der Waals surface area contributed by atoms with Crippen LogP contribution in [0.5, 0.6) is 0 Å². The summed E-state index contributed by atoms with van der Waals surface area (Å²) in [5.41, 5.74) is 6.10. The number of nitrogens with two attached hydrogens (primary N) is 1. The summed E-state index contributed by atoms with van der Waals surface area (Å²) in [6.07, 6.45) is 3.60. The van der Waals surface area contributed by atoms with E-state index in [4.69, 9.17) is 5.73 Å². The van der Waals surface area contributed by atoms with Gasteiger partial charge in [-0.05, 0) is 37.5 Å². The standard InChI is InChI=1S/C19H24N4O.2ClH/c1-19(20,15-7-3-2-4-8-15)18(24)22-16-10-13-23(14-11-16)17-9-5-6-12-21-17;;/h2-9,12,16H,10-11,13-14,20H2,1H3,(H,22,24);2*1H. The normalized spacial score (nSPS) is 16.6. The van der Waals surface area contributed by atoms with Crippen LogP contribution in [-0.2, 0) is 10.3 Å². The summed E-state index contributed by atoms with van der Waals surface area (Å²) in [7, 11) is 0. The molecule has 1 amide bonds. The second kappa shape index (κ2) is 9.76. The molecule has 1 saturated heterocycles. The Bertz CT molecular complexity index is 674. The van der Waals surface area contributed by atoms with Gasteiger partial charge in [-0.1, -0.05) is 36.4 Å². The van der Waals surface area contributed by atoms with Crippen LogP contribution in [0, 0.1) is 0 Å². The van der Waals surface area contributed by atoms with Crippen LogP contribution >= 0.6 is 24.8 Å². The van der Waals surface area contributed by atoms with Gasteiger partial charge in [-0.25, -0.2) is 4.98 Å². The Labute approximate surface area is 167 Å². The monoisotopic (exact) mass is 396 g/mol. The van der Waals surface area contributed by atoms with Crippen molar-refractivity contribution in [1.29, 1.82) is 0 Å². The number of hydrogen-bond acceptors (Lipinski definition) is 4. The molecule has 1 fully saturated rings. The molecule has 1 atom stereocenters. The first-order valence-electron chi connectivity index (χ1n) is 8.39. The van der Waals surface area contributed by atoms with Gasteiger partial charge in [0.1, 0.15) is 11.4 Å². The maximum Gasteiger partial charge on any atom is 0.244 e. The van der Waals surface area contributed by atoms with Crippen molar-refractivity contribution in [3.8, 4) is 0 Å². The molecule has 2 heterocycles. The number of aromatic nitrogens is 1. The van der Waals surface area contributed by atoms with Gasteiger partial charge in [0, 0.05) is 25.3 Å². The lowest BCUT2D eigenvalue weighted by molar-refractivity contribution is -0.127. The van der Waals surface area contributed by atoms with Crippen molar-refractivity contribution in [2.24, 2.45) is 5.73 Å². The van der Waals surface area contributed by atoms with Gasteiger partial charge in [0.2, 0.25) is 5.91 Å². The number of nitrogens with one attached hydrogen (secondary N) is 1. The molecule has 0 spiro atoms. The Morgan fingerprint density at radius 3 is 2.31 bits per heavy atom. The van der Waals surface area contributed by atoms with E-state index >= 15 is 0 Å². The number of benzene rings is 1. The van der Waals surface area contributed by atoms with Crippen LogP contribution in [0.25, 0.3) is 0 Å². The summed E-state index contributed by atoms with van der Waals surface area (Å²) in [5, 5.41) is 3.12. The molecule has 1 aliphatic heterocycles. The smallest absolute Gasteiger partial charge is 0.244 e. The van der Waals surface area contributed by atoms with Crippen LogP contribution in [0.15, 0.2) is 54.7 Å². The quantitative estimate of drug-likeness (QED) is 0.833. The largest absolute Gasteiger partial charge is 0.356 e. The zero-order chi connectivity index (χ0) is 17.0. The number of rotatable bonds is 4. The SMILES string of the molecule is CC(N)(C(=O)NC1CCN(c2ccccn2)CC1)c1ccccc1.Cl.Cl. The predicted molar refractivity (Wildman–Crippen MR) is 110 cm³/mol. The minimum Gasteiger partial charge on any atom is -0.356 e. The molecule has 1 aliphatic rings. The Morgan fingerprint density at radius 2 is 1.73 bits per heavy atom. The van der Waals surface area contributed by atoms with Crippen LogP contribution in [0.3, 0.4) is 0 Å². The second-order valence-corrected chi connectivity index (χ2v) is 6.49. The lowest BCUT2D eigenvalue weighted by atomic mass is 9.91. The van der Waals surface area contributed by atoms with Gasteiger partial charge < -0.3 is 16.0 Å². The molecule has 5 nitrogen and oxygen atoms in total. The third-order valence-electron chi connectivity index (χ3n) is 4.65. The molecule has 1 unspecified atom stereocenters. The van der Waals surface area contributed by atoms with Gasteiger partial charge >= 0.3 is 0 Å². The van der Waals surface area contributed by atoms with Crippen LogP contribution in [0.1, 0.15) is 25.3 Å². The maximum absolute atomic E-state index is 12.6. The summed E-state index contributed by atoms with van der Waals surface area (Å²) >= 11 is 0. The Morgan fingerprint density at radius 1 is 1.12 bits per heavy atom. The highest BCUT2D eigenvalue weighted by Crippen LogP contribution is 2.20. The average Bonchev–Trinajstić information content (AvgIpc) is 2.64. The van der Waals surface area contributed by atoms with E-state index in [9.17, 15) is 4.79 Å². The molecule has 142 valence electrons. The van der Waals surface area contributed by atoms with Crippen molar-refractivity contribution in [2.45, 2.75) is 31.3 Å². The molecule has 0 bridgehead atoms. The van der Waals surface area contributed by atoms with Gasteiger partial charge in [-0.3, -0.25) is 4.79 Å². The maximum atomic E-state index is 12.6. The molecule has 3 N–H and O–H groups in total. The summed E-state index contributed by atoms with van der Waals surface area (Å²) < 4.78 is 0. The fourth-order valence-corrected chi connectivity index (χ4v) is 3.04. The number of halogens is 2. The van der Waals surface area contributed by atoms with Crippen molar-refractivity contribution in [2.75, 3.05) is 18.0 Å². The summed E-state index contributed by atoms with van der Waals surface area (Å²) in [5.74, 6) is 0.875. The van der Waals surface area contributed by atoms with E-state index in [-0.39, 0.29) is 36.8 Å². The Kier molecular flexibility index (Phi) is 8.34. The minimum absolute atomic E-state index is 0. The summed E-state index contributed by atoms with van der Waals surface area (Å²) in [4.78, 5) is 19.3. The molecule has 0 saturated carbocycles. The predicted octanol–water partition coefficient (Wildman–Crippen LogP) is 2.88. The topological polar surface area (TPSA) is 71.2 Å². The van der Waals surface area contributed by atoms with E-state index in [1.807, 2.05) is 54.7 Å². The first-order valence-corrected chi connectivity index (χ1v) is 8.39.